The molecule has 0 saturated carbocycles. The summed E-state index contributed by atoms with van der Waals surface area (Å²) in [4.78, 5) is 26.6. The van der Waals surface area contributed by atoms with E-state index in [9.17, 15) is 9.59 Å². The summed E-state index contributed by atoms with van der Waals surface area (Å²) in [5.41, 5.74) is 0. The molecule has 0 unspecified atom stereocenters. The molecule has 1 aromatic heterocycles. The standard InChI is InChI=1S/C15H15NO2S/c17-12(10-15(18)16-7-3-4-8-16)14-9-11-5-1-2-6-13(11)19-14/h1-2,5-6,9H,3-4,7-8,10H2. The maximum Gasteiger partial charge on any atom is 0.230 e. The lowest BCUT2D eigenvalue weighted by Crippen LogP contribution is -2.29. The van der Waals surface area contributed by atoms with Gasteiger partial charge in [-0.15, -0.1) is 11.3 Å². The van der Waals surface area contributed by atoms with Crippen LogP contribution in [0.15, 0.2) is 30.3 Å². The van der Waals surface area contributed by atoms with Crippen molar-refractivity contribution in [3.05, 3.63) is 35.2 Å². The van der Waals surface area contributed by atoms with Crippen molar-refractivity contribution in [2.45, 2.75) is 19.3 Å². The van der Waals surface area contributed by atoms with E-state index in [0.717, 1.165) is 36.0 Å². The van der Waals surface area contributed by atoms with Crippen LogP contribution in [0.1, 0.15) is 28.9 Å². The van der Waals surface area contributed by atoms with Crippen LogP contribution in [0.4, 0.5) is 0 Å². The highest BCUT2D eigenvalue weighted by Crippen LogP contribution is 2.26. The van der Waals surface area contributed by atoms with Crippen molar-refractivity contribution in [3.8, 4) is 0 Å². The van der Waals surface area contributed by atoms with E-state index < -0.39 is 0 Å². The molecule has 2 aromatic rings. The first-order chi connectivity index (χ1) is 9.24. The van der Waals surface area contributed by atoms with Crippen molar-refractivity contribution in [1.29, 1.82) is 0 Å². The fraction of sp³-hybridized carbons (Fsp3) is 0.333. The number of rotatable bonds is 3. The summed E-state index contributed by atoms with van der Waals surface area (Å²) in [5.74, 6) is -0.0851. The molecule has 0 bridgehead atoms. The molecular weight excluding hydrogens is 258 g/mol. The fourth-order valence-corrected chi connectivity index (χ4v) is 3.42. The number of amides is 1. The lowest BCUT2D eigenvalue weighted by Gasteiger charge is -2.13. The summed E-state index contributed by atoms with van der Waals surface area (Å²) >= 11 is 1.47. The van der Waals surface area contributed by atoms with Gasteiger partial charge in [-0.25, -0.2) is 0 Å². The zero-order chi connectivity index (χ0) is 13.2. The number of hydrogen-bond acceptors (Lipinski definition) is 3. The number of Topliss-reactive ketones (excluding diaryl/α,β-unsaturated/α-hetero) is 1. The maximum absolute atomic E-state index is 12.1. The topological polar surface area (TPSA) is 37.4 Å². The zero-order valence-corrected chi connectivity index (χ0v) is 11.4. The minimum absolute atomic E-state index is 0.00677. The first-order valence-corrected chi connectivity index (χ1v) is 7.35. The summed E-state index contributed by atoms with van der Waals surface area (Å²) < 4.78 is 1.10. The normalized spacial score (nSPS) is 15.1. The molecule has 1 aliphatic heterocycles. The van der Waals surface area contributed by atoms with Gasteiger partial charge in [-0.05, 0) is 30.4 Å². The summed E-state index contributed by atoms with van der Waals surface area (Å²) in [7, 11) is 0. The molecule has 19 heavy (non-hydrogen) atoms. The number of thiophene rings is 1. The van der Waals surface area contributed by atoms with Gasteiger partial charge in [0.2, 0.25) is 5.91 Å². The van der Waals surface area contributed by atoms with E-state index in [2.05, 4.69) is 0 Å². The fourth-order valence-electron chi connectivity index (χ4n) is 2.42. The zero-order valence-electron chi connectivity index (χ0n) is 10.6. The Bertz CT molecular complexity index is 593. The molecule has 1 aliphatic rings. The van der Waals surface area contributed by atoms with Crippen molar-refractivity contribution in [3.63, 3.8) is 0 Å². The maximum atomic E-state index is 12.1. The van der Waals surface area contributed by atoms with Gasteiger partial charge < -0.3 is 4.90 Å². The molecular formula is C15H15NO2S. The van der Waals surface area contributed by atoms with Gasteiger partial charge in [0, 0.05) is 17.8 Å². The highest BCUT2D eigenvalue weighted by atomic mass is 32.1. The molecule has 3 nitrogen and oxygen atoms in total. The van der Waals surface area contributed by atoms with Crippen molar-refractivity contribution in [2.75, 3.05) is 13.1 Å². The molecule has 0 atom stereocenters. The lowest BCUT2D eigenvalue weighted by molar-refractivity contribution is -0.129. The summed E-state index contributed by atoms with van der Waals surface area (Å²) in [6.45, 7) is 1.61. The quantitative estimate of drug-likeness (QED) is 0.636. The van der Waals surface area contributed by atoms with E-state index >= 15 is 0 Å². The van der Waals surface area contributed by atoms with Gasteiger partial charge in [0.1, 0.15) is 0 Å². The van der Waals surface area contributed by atoms with E-state index in [1.807, 2.05) is 30.3 Å². The molecule has 4 heteroatoms. The second-order valence-electron chi connectivity index (χ2n) is 4.84. The Morgan fingerprint density at radius 2 is 1.89 bits per heavy atom. The Kier molecular flexibility index (Phi) is 3.34. The molecule has 1 amide bonds. The predicted molar refractivity (Wildman–Crippen MR) is 76.6 cm³/mol. The number of carbonyl (C=O) groups excluding carboxylic acids is 2. The molecule has 1 fully saturated rings. The monoisotopic (exact) mass is 273 g/mol. The minimum Gasteiger partial charge on any atom is -0.342 e. The van der Waals surface area contributed by atoms with Crippen LogP contribution < -0.4 is 0 Å². The third-order valence-electron chi connectivity index (χ3n) is 3.47. The van der Waals surface area contributed by atoms with Crippen molar-refractivity contribution in [1.82, 2.24) is 4.90 Å². The van der Waals surface area contributed by atoms with Gasteiger partial charge in [0.25, 0.3) is 0 Å². The van der Waals surface area contributed by atoms with Crippen LogP contribution >= 0.6 is 11.3 Å². The smallest absolute Gasteiger partial charge is 0.230 e. The van der Waals surface area contributed by atoms with Crippen LogP contribution in [-0.2, 0) is 4.79 Å². The number of fused-ring (bicyclic) bond motifs is 1. The number of likely N-dealkylation sites (tertiary alicyclic amines) is 1. The number of ketones is 1. The van der Waals surface area contributed by atoms with E-state index in [1.165, 1.54) is 11.3 Å². The Hall–Kier alpha value is -1.68. The minimum atomic E-state index is -0.0573. The molecule has 0 spiro atoms. The Balaban J connectivity index is 1.74. The van der Waals surface area contributed by atoms with Crippen LogP contribution in [-0.4, -0.2) is 29.7 Å². The molecule has 2 heterocycles. The highest BCUT2D eigenvalue weighted by molar-refractivity contribution is 7.20. The Morgan fingerprint density at radius 1 is 1.16 bits per heavy atom. The second-order valence-corrected chi connectivity index (χ2v) is 5.92. The molecule has 98 valence electrons. The van der Waals surface area contributed by atoms with E-state index in [-0.39, 0.29) is 18.1 Å². The molecule has 0 radical (unpaired) electrons. The van der Waals surface area contributed by atoms with Gasteiger partial charge in [-0.3, -0.25) is 9.59 Å². The highest BCUT2D eigenvalue weighted by Gasteiger charge is 2.21. The average molecular weight is 273 g/mol. The van der Waals surface area contributed by atoms with E-state index in [4.69, 9.17) is 0 Å². The first kappa shape index (κ1) is 12.4. The van der Waals surface area contributed by atoms with E-state index in [0.29, 0.717) is 4.88 Å². The van der Waals surface area contributed by atoms with Gasteiger partial charge in [0.15, 0.2) is 5.78 Å². The third kappa shape index (κ3) is 2.54. The van der Waals surface area contributed by atoms with Crippen LogP contribution in [0.3, 0.4) is 0 Å². The van der Waals surface area contributed by atoms with Crippen LogP contribution in [0.5, 0.6) is 0 Å². The molecule has 1 saturated heterocycles. The van der Waals surface area contributed by atoms with Crippen molar-refractivity contribution < 1.29 is 9.59 Å². The Morgan fingerprint density at radius 3 is 2.63 bits per heavy atom. The SMILES string of the molecule is O=C(CC(=O)N1CCCC1)c1cc2ccccc2s1. The van der Waals surface area contributed by atoms with Gasteiger partial charge in [0.05, 0.1) is 11.3 Å². The van der Waals surface area contributed by atoms with Crippen molar-refractivity contribution >= 4 is 33.1 Å². The summed E-state index contributed by atoms with van der Waals surface area (Å²) in [5, 5.41) is 1.07. The molecule has 0 aliphatic carbocycles. The van der Waals surface area contributed by atoms with E-state index in [1.54, 1.807) is 4.90 Å². The molecule has 1 aromatic carbocycles. The number of nitrogens with zero attached hydrogens (tertiary/aromatic N) is 1. The predicted octanol–water partition coefficient (Wildman–Crippen LogP) is 3.10. The second kappa shape index (κ2) is 5.13. The van der Waals surface area contributed by atoms with Gasteiger partial charge >= 0.3 is 0 Å². The molecule has 0 N–H and O–H groups in total. The largest absolute Gasteiger partial charge is 0.342 e. The average Bonchev–Trinajstić information content (AvgIpc) is 3.07. The number of benzene rings is 1. The third-order valence-corrected chi connectivity index (χ3v) is 4.63. The van der Waals surface area contributed by atoms with Crippen LogP contribution in [0, 0.1) is 0 Å². The summed E-state index contributed by atoms with van der Waals surface area (Å²) in [6, 6.07) is 9.80. The molecule has 3 rings (SSSR count). The lowest BCUT2D eigenvalue weighted by atomic mass is 10.2. The van der Waals surface area contributed by atoms with Crippen LogP contribution in [0.25, 0.3) is 10.1 Å². The van der Waals surface area contributed by atoms with Crippen LogP contribution in [0.2, 0.25) is 0 Å². The van der Waals surface area contributed by atoms with Gasteiger partial charge in [-0.1, -0.05) is 18.2 Å². The first-order valence-electron chi connectivity index (χ1n) is 6.53. The number of carbonyl (C=O) groups is 2. The van der Waals surface area contributed by atoms with Crippen molar-refractivity contribution in [2.24, 2.45) is 0 Å². The van der Waals surface area contributed by atoms with Gasteiger partial charge in [-0.2, -0.15) is 0 Å². The summed E-state index contributed by atoms with van der Waals surface area (Å²) in [6.07, 6.45) is 2.12. The Labute approximate surface area is 115 Å². The number of hydrogen-bond donors (Lipinski definition) is 0.